The summed E-state index contributed by atoms with van der Waals surface area (Å²) in [5, 5.41) is 12.0. The van der Waals surface area contributed by atoms with Gasteiger partial charge in [0.1, 0.15) is 0 Å². The predicted octanol–water partition coefficient (Wildman–Crippen LogP) is 2.29. The van der Waals surface area contributed by atoms with Crippen LogP contribution in [0.1, 0.15) is 42.9 Å². The van der Waals surface area contributed by atoms with Gasteiger partial charge in [-0.15, -0.1) is 0 Å². The maximum absolute atomic E-state index is 12.1. The maximum atomic E-state index is 12.1. The van der Waals surface area contributed by atoms with Gasteiger partial charge in [-0.1, -0.05) is 36.2 Å². The van der Waals surface area contributed by atoms with E-state index in [1.165, 1.54) is 16.7 Å². The summed E-state index contributed by atoms with van der Waals surface area (Å²) in [5.74, 6) is -0.711. The molecule has 1 amide bonds. The molecular formula is C19H28N2O3. The number of nitrogens with zero attached hydrogens (tertiary/aromatic N) is 1. The van der Waals surface area contributed by atoms with E-state index in [0.29, 0.717) is 6.42 Å². The summed E-state index contributed by atoms with van der Waals surface area (Å²) in [6, 6.07) is 6.85. The third kappa shape index (κ3) is 5.34. The summed E-state index contributed by atoms with van der Waals surface area (Å²) < 4.78 is 0. The van der Waals surface area contributed by atoms with Crippen LogP contribution in [0.15, 0.2) is 18.2 Å². The molecule has 0 saturated heterocycles. The van der Waals surface area contributed by atoms with Gasteiger partial charge in [-0.25, -0.2) is 0 Å². The number of aliphatic carboxylic acids is 1. The molecule has 0 bridgehead atoms. The fraction of sp³-hybridized carbons (Fsp3) is 0.579. The lowest BCUT2D eigenvalue weighted by Gasteiger charge is -2.42. The molecule has 2 rings (SSSR count). The summed E-state index contributed by atoms with van der Waals surface area (Å²) in [6.45, 7) is 6.92. The average molecular weight is 332 g/mol. The Morgan fingerprint density at radius 2 is 1.83 bits per heavy atom. The quantitative estimate of drug-likeness (QED) is 0.766. The molecule has 5 heteroatoms. The Bertz CT molecular complexity index is 574. The molecule has 1 saturated carbocycles. The van der Waals surface area contributed by atoms with Gasteiger partial charge in [0.2, 0.25) is 5.91 Å². The molecule has 1 aliphatic rings. The van der Waals surface area contributed by atoms with E-state index < -0.39 is 5.97 Å². The Labute approximate surface area is 144 Å². The van der Waals surface area contributed by atoms with Crippen LogP contribution < -0.4 is 5.32 Å². The second kappa shape index (κ2) is 8.29. The fourth-order valence-corrected chi connectivity index (χ4v) is 3.45. The first-order chi connectivity index (χ1) is 11.4. The van der Waals surface area contributed by atoms with Crippen molar-refractivity contribution in [2.45, 2.75) is 58.5 Å². The fourth-order valence-electron chi connectivity index (χ4n) is 3.45. The lowest BCUT2D eigenvalue weighted by molar-refractivity contribution is -0.139. The SMILES string of the molecule is CCN(CC(=O)O)C1CC(NC(=O)CCc2cc(C)cc(C)c2)C1. The highest BCUT2D eigenvalue weighted by molar-refractivity contribution is 5.76. The van der Waals surface area contributed by atoms with Crippen LogP contribution in [-0.4, -0.2) is 47.1 Å². The molecule has 1 fully saturated rings. The number of likely N-dealkylation sites (N-methyl/N-ethyl adjacent to an activating group) is 1. The lowest BCUT2D eigenvalue weighted by Crippen LogP contribution is -2.54. The summed E-state index contributed by atoms with van der Waals surface area (Å²) in [6.07, 6.45) is 2.94. The van der Waals surface area contributed by atoms with Gasteiger partial charge in [0.25, 0.3) is 0 Å². The molecule has 0 aliphatic heterocycles. The molecule has 24 heavy (non-hydrogen) atoms. The minimum Gasteiger partial charge on any atom is -0.480 e. The minimum atomic E-state index is -0.794. The molecule has 0 spiro atoms. The van der Waals surface area contributed by atoms with Crippen LogP contribution in [0.4, 0.5) is 0 Å². The van der Waals surface area contributed by atoms with Crippen molar-refractivity contribution in [3.8, 4) is 0 Å². The molecular weight excluding hydrogens is 304 g/mol. The van der Waals surface area contributed by atoms with Gasteiger partial charge in [0, 0.05) is 18.5 Å². The lowest BCUT2D eigenvalue weighted by atomic mass is 9.85. The van der Waals surface area contributed by atoms with Crippen molar-refractivity contribution < 1.29 is 14.7 Å². The van der Waals surface area contributed by atoms with E-state index in [1.807, 2.05) is 11.8 Å². The van der Waals surface area contributed by atoms with Crippen molar-refractivity contribution in [1.82, 2.24) is 10.2 Å². The van der Waals surface area contributed by atoms with Crippen molar-refractivity contribution in [3.05, 3.63) is 34.9 Å². The number of carboxylic acid groups (broad SMARTS) is 1. The number of aryl methyl sites for hydroxylation is 3. The van der Waals surface area contributed by atoms with Crippen molar-refractivity contribution in [1.29, 1.82) is 0 Å². The van der Waals surface area contributed by atoms with E-state index in [-0.39, 0.29) is 24.5 Å². The summed E-state index contributed by atoms with van der Waals surface area (Å²) >= 11 is 0. The predicted molar refractivity (Wildman–Crippen MR) is 94.1 cm³/mol. The molecule has 5 nitrogen and oxygen atoms in total. The smallest absolute Gasteiger partial charge is 0.317 e. The highest BCUT2D eigenvalue weighted by Gasteiger charge is 2.34. The Morgan fingerprint density at radius 1 is 1.21 bits per heavy atom. The largest absolute Gasteiger partial charge is 0.480 e. The Morgan fingerprint density at radius 3 is 2.38 bits per heavy atom. The first kappa shape index (κ1) is 18.5. The zero-order valence-corrected chi connectivity index (χ0v) is 14.8. The molecule has 2 N–H and O–H groups in total. The van der Waals surface area contributed by atoms with Gasteiger partial charge in [-0.2, -0.15) is 0 Å². The van der Waals surface area contributed by atoms with Crippen LogP contribution in [0, 0.1) is 13.8 Å². The van der Waals surface area contributed by atoms with Crippen LogP contribution in [0.5, 0.6) is 0 Å². The van der Waals surface area contributed by atoms with Crippen LogP contribution in [-0.2, 0) is 16.0 Å². The van der Waals surface area contributed by atoms with Gasteiger partial charge < -0.3 is 10.4 Å². The zero-order valence-electron chi connectivity index (χ0n) is 14.8. The van der Waals surface area contributed by atoms with Gasteiger partial charge in [-0.05, 0) is 45.2 Å². The monoisotopic (exact) mass is 332 g/mol. The van der Waals surface area contributed by atoms with E-state index in [1.54, 1.807) is 0 Å². The van der Waals surface area contributed by atoms with Gasteiger partial charge in [0.05, 0.1) is 6.54 Å². The van der Waals surface area contributed by atoms with E-state index >= 15 is 0 Å². The molecule has 0 aromatic heterocycles. The topological polar surface area (TPSA) is 69.6 Å². The number of benzene rings is 1. The molecule has 132 valence electrons. The second-order valence-corrected chi connectivity index (χ2v) is 6.84. The Balaban J connectivity index is 1.71. The number of hydrogen-bond donors (Lipinski definition) is 2. The van der Waals surface area contributed by atoms with E-state index in [2.05, 4.69) is 37.4 Å². The van der Waals surface area contributed by atoms with Crippen molar-refractivity contribution >= 4 is 11.9 Å². The summed E-state index contributed by atoms with van der Waals surface area (Å²) in [4.78, 5) is 24.9. The van der Waals surface area contributed by atoms with Crippen molar-refractivity contribution in [3.63, 3.8) is 0 Å². The molecule has 1 aromatic carbocycles. The van der Waals surface area contributed by atoms with E-state index in [4.69, 9.17) is 5.11 Å². The summed E-state index contributed by atoms with van der Waals surface area (Å²) in [5.41, 5.74) is 3.66. The molecule has 1 aliphatic carbocycles. The Kier molecular flexibility index (Phi) is 6.37. The first-order valence-electron chi connectivity index (χ1n) is 8.69. The molecule has 1 aromatic rings. The van der Waals surface area contributed by atoms with Crippen LogP contribution in [0.2, 0.25) is 0 Å². The van der Waals surface area contributed by atoms with E-state index in [0.717, 1.165) is 25.8 Å². The third-order valence-electron chi connectivity index (χ3n) is 4.66. The normalized spacial score (nSPS) is 19.8. The zero-order chi connectivity index (χ0) is 17.7. The molecule has 0 radical (unpaired) electrons. The average Bonchev–Trinajstić information content (AvgIpc) is 2.45. The molecule has 0 atom stereocenters. The number of carbonyl (C=O) groups is 2. The molecule has 0 heterocycles. The highest BCUT2D eigenvalue weighted by Crippen LogP contribution is 2.25. The Hall–Kier alpha value is -1.88. The number of nitrogens with one attached hydrogen (secondary N) is 1. The van der Waals surface area contributed by atoms with Crippen molar-refractivity contribution in [2.75, 3.05) is 13.1 Å². The number of amides is 1. The van der Waals surface area contributed by atoms with Gasteiger partial charge in [0.15, 0.2) is 0 Å². The van der Waals surface area contributed by atoms with Crippen LogP contribution >= 0.6 is 0 Å². The maximum Gasteiger partial charge on any atom is 0.317 e. The van der Waals surface area contributed by atoms with Crippen LogP contribution in [0.25, 0.3) is 0 Å². The minimum absolute atomic E-state index is 0.0779. The highest BCUT2D eigenvalue weighted by atomic mass is 16.4. The summed E-state index contributed by atoms with van der Waals surface area (Å²) in [7, 11) is 0. The number of rotatable bonds is 8. The van der Waals surface area contributed by atoms with Crippen molar-refractivity contribution in [2.24, 2.45) is 0 Å². The second-order valence-electron chi connectivity index (χ2n) is 6.84. The first-order valence-corrected chi connectivity index (χ1v) is 8.69. The number of carboxylic acids is 1. The number of hydrogen-bond acceptors (Lipinski definition) is 3. The van der Waals surface area contributed by atoms with Crippen LogP contribution in [0.3, 0.4) is 0 Å². The van der Waals surface area contributed by atoms with E-state index in [9.17, 15) is 9.59 Å². The standard InChI is InChI=1S/C19H28N2O3/c1-4-21(12-19(23)24)17-10-16(11-17)20-18(22)6-5-15-8-13(2)7-14(3)9-15/h7-9,16-17H,4-6,10-12H2,1-3H3,(H,20,22)(H,23,24). The van der Waals surface area contributed by atoms with Gasteiger partial charge in [-0.3, -0.25) is 14.5 Å². The number of carbonyl (C=O) groups excluding carboxylic acids is 1. The third-order valence-corrected chi connectivity index (χ3v) is 4.66. The molecule has 0 unspecified atom stereocenters. The van der Waals surface area contributed by atoms with Gasteiger partial charge >= 0.3 is 5.97 Å².